The number of hydrogen-bond acceptors (Lipinski definition) is 3. The minimum atomic E-state index is -1.37. The van der Waals surface area contributed by atoms with E-state index < -0.39 is 33.8 Å². The minimum absolute atomic E-state index is 0.0644. The van der Waals surface area contributed by atoms with Gasteiger partial charge in [0.15, 0.2) is 0 Å². The predicted octanol–water partition coefficient (Wildman–Crippen LogP) is 6.96. The monoisotopic (exact) mass is 545 g/mol. The molecule has 0 spiro atoms. The molecule has 1 aliphatic carbocycles. The van der Waals surface area contributed by atoms with Gasteiger partial charge < -0.3 is 10.6 Å². The third kappa shape index (κ3) is 5.20. The first-order valence-electron chi connectivity index (χ1n) is 9.44. The normalized spacial score (nSPS) is 18.5. The standard InChI is InChI=1S/C22H13Cl5FN3O2/c23-11-7-10(8-12(24)9-11)17-18(22(17,26)27)20(32)31-16-6-5-15(25)19(30-16)21(33)29-14-3-1-13(28)2-4-14/h1-9,17-18H,(H,29,33)(H,30,31,32). The second-order valence-corrected chi connectivity index (χ2v) is 10.0. The number of nitrogens with zero attached hydrogens (tertiary/aromatic N) is 1. The third-order valence-electron chi connectivity index (χ3n) is 4.99. The van der Waals surface area contributed by atoms with E-state index in [1.807, 2.05) is 0 Å². The van der Waals surface area contributed by atoms with Gasteiger partial charge in [-0.3, -0.25) is 9.59 Å². The number of halogens is 6. The lowest BCUT2D eigenvalue weighted by Crippen LogP contribution is -2.20. The maximum atomic E-state index is 13.1. The summed E-state index contributed by atoms with van der Waals surface area (Å²) in [6.45, 7) is 0. The number of carbonyl (C=O) groups is 2. The molecule has 2 unspecified atom stereocenters. The Bertz CT molecular complexity index is 1230. The lowest BCUT2D eigenvalue weighted by molar-refractivity contribution is -0.117. The van der Waals surface area contributed by atoms with Crippen LogP contribution in [-0.2, 0) is 4.79 Å². The fraction of sp³-hybridized carbons (Fsp3) is 0.136. The highest BCUT2D eigenvalue weighted by molar-refractivity contribution is 6.53. The van der Waals surface area contributed by atoms with Crippen molar-refractivity contribution in [2.45, 2.75) is 10.3 Å². The second kappa shape index (κ2) is 9.28. The van der Waals surface area contributed by atoms with Gasteiger partial charge >= 0.3 is 0 Å². The van der Waals surface area contributed by atoms with E-state index >= 15 is 0 Å². The van der Waals surface area contributed by atoms with Crippen LogP contribution < -0.4 is 10.6 Å². The number of alkyl halides is 2. The van der Waals surface area contributed by atoms with E-state index in [1.54, 1.807) is 18.2 Å². The maximum Gasteiger partial charge on any atom is 0.275 e. The van der Waals surface area contributed by atoms with Gasteiger partial charge in [-0.05, 0) is 60.2 Å². The number of carbonyl (C=O) groups excluding carboxylic acids is 2. The van der Waals surface area contributed by atoms with E-state index in [9.17, 15) is 14.0 Å². The van der Waals surface area contributed by atoms with Crippen LogP contribution in [0.4, 0.5) is 15.9 Å². The summed E-state index contributed by atoms with van der Waals surface area (Å²) in [6.07, 6.45) is 0. The molecule has 33 heavy (non-hydrogen) atoms. The molecule has 0 aliphatic heterocycles. The van der Waals surface area contributed by atoms with Crippen LogP contribution in [0.25, 0.3) is 0 Å². The maximum absolute atomic E-state index is 13.1. The number of anilines is 2. The Balaban J connectivity index is 1.50. The van der Waals surface area contributed by atoms with E-state index in [4.69, 9.17) is 58.0 Å². The molecule has 4 rings (SSSR count). The van der Waals surface area contributed by atoms with Crippen LogP contribution in [-0.4, -0.2) is 21.1 Å². The molecule has 170 valence electrons. The molecule has 1 aromatic heterocycles. The van der Waals surface area contributed by atoms with Crippen molar-refractivity contribution < 1.29 is 14.0 Å². The fourth-order valence-corrected chi connectivity index (χ4v) is 4.98. The number of aromatic nitrogens is 1. The molecule has 5 nitrogen and oxygen atoms in total. The Morgan fingerprint density at radius 1 is 0.909 bits per heavy atom. The zero-order valence-corrected chi connectivity index (χ0v) is 20.2. The number of rotatable bonds is 5. The van der Waals surface area contributed by atoms with Crippen molar-refractivity contribution in [1.82, 2.24) is 4.98 Å². The topological polar surface area (TPSA) is 71.1 Å². The molecule has 0 saturated heterocycles. The molecule has 11 heteroatoms. The Labute approximate surface area is 213 Å². The van der Waals surface area contributed by atoms with Crippen LogP contribution in [0.3, 0.4) is 0 Å². The summed E-state index contributed by atoms with van der Waals surface area (Å²) in [5.74, 6) is -2.84. The first kappa shape index (κ1) is 24.0. The summed E-state index contributed by atoms with van der Waals surface area (Å²) < 4.78 is 11.7. The van der Waals surface area contributed by atoms with E-state index in [0.717, 1.165) is 0 Å². The average molecular weight is 548 g/mol. The molecule has 1 aliphatic rings. The van der Waals surface area contributed by atoms with Crippen LogP contribution in [0.15, 0.2) is 54.6 Å². The summed E-state index contributed by atoms with van der Waals surface area (Å²) in [5.41, 5.74) is 0.848. The lowest BCUT2D eigenvalue weighted by Gasteiger charge is -2.09. The average Bonchev–Trinajstić information content (AvgIpc) is 3.32. The SMILES string of the molecule is O=C(Nc1ccc(F)cc1)c1nc(NC(=O)C2C(c3cc(Cl)cc(Cl)c3)C2(Cl)Cl)ccc1Cl. The summed E-state index contributed by atoms with van der Waals surface area (Å²) in [5, 5.41) is 6.02. The van der Waals surface area contributed by atoms with Crippen LogP contribution in [0.5, 0.6) is 0 Å². The van der Waals surface area contributed by atoms with Gasteiger partial charge in [0.1, 0.15) is 21.7 Å². The summed E-state index contributed by atoms with van der Waals surface area (Å²) >= 11 is 30.9. The van der Waals surface area contributed by atoms with Crippen molar-refractivity contribution >= 4 is 81.3 Å². The molecule has 2 aromatic carbocycles. The van der Waals surface area contributed by atoms with Crippen molar-refractivity contribution in [3.8, 4) is 0 Å². The van der Waals surface area contributed by atoms with Crippen molar-refractivity contribution in [3.05, 3.63) is 86.7 Å². The van der Waals surface area contributed by atoms with Crippen molar-refractivity contribution in [2.24, 2.45) is 5.92 Å². The van der Waals surface area contributed by atoms with E-state index in [-0.39, 0.29) is 16.5 Å². The van der Waals surface area contributed by atoms with Gasteiger partial charge in [0, 0.05) is 21.7 Å². The molecule has 3 aromatic rings. The van der Waals surface area contributed by atoms with Gasteiger partial charge in [0.05, 0.1) is 10.9 Å². The summed E-state index contributed by atoms with van der Waals surface area (Å²) in [7, 11) is 0. The number of benzene rings is 2. The van der Waals surface area contributed by atoms with Crippen LogP contribution in [0, 0.1) is 11.7 Å². The third-order valence-corrected chi connectivity index (χ3v) is 6.68. The van der Waals surface area contributed by atoms with Gasteiger partial charge in [-0.2, -0.15) is 0 Å². The first-order chi connectivity index (χ1) is 15.6. The van der Waals surface area contributed by atoms with Crippen molar-refractivity contribution in [2.75, 3.05) is 10.6 Å². The molecular formula is C22H13Cl5FN3O2. The predicted molar refractivity (Wildman–Crippen MR) is 129 cm³/mol. The number of amides is 2. The fourth-order valence-electron chi connectivity index (χ4n) is 3.42. The highest BCUT2D eigenvalue weighted by Gasteiger charge is 2.67. The van der Waals surface area contributed by atoms with Gasteiger partial charge in [0.25, 0.3) is 5.91 Å². The lowest BCUT2D eigenvalue weighted by atomic mass is 10.1. The van der Waals surface area contributed by atoms with E-state index in [0.29, 0.717) is 21.3 Å². The highest BCUT2D eigenvalue weighted by atomic mass is 35.5. The largest absolute Gasteiger partial charge is 0.321 e. The van der Waals surface area contributed by atoms with Gasteiger partial charge in [-0.1, -0.05) is 34.8 Å². The second-order valence-electron chi connectivity index (χ2n) is 7.31. The van der Waals surface area contributed by atoms with Crippen LogP contribution in [0.1, 0.15) is 22.0 Å². The molecule has 0 radical (unpaired) electrons. The van der Waals surface area contributed by atoms with Gasteiger partial charge in [-0.15, -0.1) is 23.2 Å². The molecular weight excluding hydrogens is 535 g/mol. The minimum Gasteiger partial charge on any atom is -0.321 e. The summed E-state index contributed by atoms with van der Waals surface area (Å²) in [6, 6.07) is 12.9. The van der Waals surface area contributed by atoms with E-state index in [2.05, 4.69) is 15.6 Å². The zero-order chi connectivity index (χ0) is 23.9. The number of hydrogen-bond donors (Lipinski definition) is 2. The van der Waals surface area contributed by atoms with Crippen molar-refractivity contribution in [1.29, 1.82) is 0 Å². The van der Waals surface area contributed by atoms with Crippen LogP contribution >= 0.6 is 58.0 Å². The zero-order valence-electron chi connectivity index (χ0n) is 16.4. The molecule has 0 bridgehead atoms. The molecule has 1 heterocycles. The Morgan fingerprint density at radius 3 is 2.18 bits per heavy atom. The van der Waals surface area contributed by atoms with Crippen molar-refractivity contribution in [3.63, 3.8) is 0 Å². The smallest absolute Gasteiger partial charge is 0.275 e. The quantitative estimate of drug-likeness (QED) is 0.339. The Kier molecular flexibility index (Phi) is 6.76. The molecule has 2 atom stereocenters. The number of nitrogens with one attached hydrogen (secondary N) is 2. The highest BCUT2D eigenvalue weighted by Crippen LogP contribution is 2.65. The Morgan fingerprint density at radius 2 is 1.55 bits per heavy atom. The van der Waals surface area contributed by atoms with E-state index in [1.165, 1.54) is 36.4 Å². The Hall–Kier alpha value is -2.09. The molecule has 2 amide bonds. The number of pyridine rings is 1. The van der Waals surface area contributed by atoms with Crippen LogP contribution in [0.2, 0.25) is 15.1 Å². The van der Waals surface area contributed by atoms with Gasteiger partial charge in [0.2, 0.25) is 5.91 Å². The molecule has 2 N–H and O–H groups in total. The molecule has 1 fully saturated rings. The first-order valence-corrected chi connectivity index (χ1v) is 11.3. The summed E-state index contributed by atoms with van der Waals surface area (Å²) in [4.78, 5) is 29.6. The van der Waals surface area contributed by atoms with Gasteiger partial charge in [-0.25, -0.2) is 9.37 Å². The molecule has 1 saturated carbocycles.